The van der Waals surface area contributed by atoms with Crippen molar-refractivity contribution in [2.75, 3.05) is 17.7 Å². The van der Waals surface area contributed by atoms with E-state index in [4.69, 9.17) is 9.72 Å². The van der Waals surface area contributed by atoms with E-state index in [0.29, 0.717) is 11.3 Å². The van der Waals surface area contributed by atoms with Gasteiger partial charge in [0, 0.05) is 11.4 Å². The summed E-state index contributed by atoms with van der Waals surface area (Å²) in [6.07, 6.45) is 0. The van der Waals surface area contributed by atoms with Gasteiger partial charge in [-0.15, -0.1) is 0 Å². The Hall–Kier alpha value is -4.06. The first kappa shape index (κ1) is 19.9. The van der Waals surface area contributed by atoms with E-state index < -0.39 is 0 Å². The summed E-state index contributed by atoms with van der Waals surface area (Å²) in [5.41, 5.74) is 6.20. The van der Waals surface area contributed by atoms with Crippen molar-refractivity contribution in [2.45, 2.75) is 19.9 Å². The molecule has 0 saturated heterocycles. The van der Waals surface area contributed by atoms with Gasteiger partial charge in [0.05, 0.1) is 29.8 Å². The number of benzene rings is 3. The molecular formula is C26H24N4O2. The molecule has 0 bridgehead atoms. The van der Waals surface area contributed by atoms with Gasteiger partial charge in [-0.25, -0.2) is 4.98 Å². The fourth-order valence-corrected chi connectivity index (χ4v) is 4.19. The number of carbonyl (C=O) groups is 1. The molecule has 0 saturated carbocycles. The summed E-state index contributed by atoms with van der Waals surface area (Å²) < 4.78 is 7.33. The van der Waals surface area contributed by atoms with Crippen molar-refractivity contribution in [1.29, 1.82) is 0 Å². The van der Waals surface area contributed by atoms with E-state index in [2.05, 4.69) is 46.4 Å². The van der Waals surface area contributed by atoms with Crippen molar-refractivity contribution >= 4 is 28.6 Å². The number of nitrogens with zero attached hydrogens (tertiary/aromatic N) is 2. The van der Waals surface area contributed by atoms with Crippen LogP contribution in [0.5, 0.6) is 5.75 Å². The molecule has 4 aromatic rings. The zero-order chi connectivity index (χ0) is 22.2. The summed E-state index contributed by atoms with van der Waals surface area (Å²) in [6, 6.07) is 23.3. The molecule has 1 aliphatic rings. The number of hydrogen-bond acceptors (Lipinski definition) is 4. The fourth-order valence-electron chi connectivity index (χ4n) is 4.19. The number of fused-ring (bicyclic) bond motifs is 3. The van der Waals surface area contributed by atoms with Crippen LogP contribution in [0.2, 0.25) is 0 Å². The summed E-state index contributed by atoms with van der Waals surface area (Å²) in [4.78, 5) is 18.3. The minimum Gasteiger partial charge on any atom is -0.497 e. The molecule has 2 N–H and O–H groups in total. The molecule has 0 radical (unpaired) electrons. The fraction of sp³-hybridized carbons (Fsp3) is 0.154. The Kier molecular flexibility index (Phi) is 4.90. The molecule has 0 spiro atoms. The van der Waals surface area contributed by atoms with E-state index in [1.54, 1.807) is 7.11 Å². The van der Waals surface area contributed by atoms with Crippen LogP contribution in [-0.4, -0.2) is 22.6 Å². The maximum absolute atomic E-state index is 13.6. The number of aromatic nitrogens is 2. The van der Waals surface area contributed by atoms with Gasteiger partial charge in [0.25, 0.3) is 5.91 Å². The van der Waals surface area contributed by atoms with E-state index in [0.717, 1.165) is 34.0 Å². The van der Waals surface area contributed by atoms with Crippen LogP contribution < -0.4 is 15.4 Å². The van der Waals surface area contributed by atoms with E-state index in [1.807, 2.05) is 55.5 Å². The highest BCUT2D eigenvalue weighted by atomic mass is 16.5. The lowest BCUT2D eigenvalue weighted by molar-refractivity contribution is -0.113. The summed E-state index contributed by atoms with van der Waals surface area (Å²) >= 11 is 0. The molecule has 1 aromatic heterocycles. The number of imidazole rings is 1. The molecule has 3 aromatic carbocycles. The number of aryl methyl sites for hydroxylation is 1. The molecule has 1 amide bonds. The number of ether oxygens (including phenoxy) is 1. The molecule has 32 heavy (non-hydrogen) atoms. The van der Waals surface area contributed by atoms with Crippen LogP contribution in [0.15, 0.2) is 84.1 Å². The molecule has 160 valence electrons. The van der Waals surface area contributed by atoms with Crippen LogP contribution in [0.1, 0.15) is 24.1 Å². The van der Waals surface area contributed by atoms with Crippen molar-refractivity contribution < 1.29 is 9.53 Å². The SMILES string of the molecule is COc1ccc(NC(=O)C2=C(C)Nc3nc4ccccc4n3[C@@H]2c2ccc(C)cc2)cc1. The van der Waals surface area contributed by atoms with Crippen molar-refractivity contribution in [3.8, 4) is 5.75 Å². The number of rotatable bonds is 4. The molecule has 6 nitrogen and oxygen atoms in total. The summed E-state index contributed by atoms with van der Waals surface area (Å²) in [7, 11) is 1.62. The Labute approximate surface area is 186 Å². The van der Waals surface area contributed by atoms with Crippen LogP contribution in [0.4, 0.5) is 11.6 Å². The lowest BCUT2D eigenvalue weighted by Gasteiger charge is -2.30. The number of nitrogens with one attached hydrogen (secondary N) is 2. The molecule has 5 rings (SSSR count). The Balaban J connectivity index is 1.62. The number of anilines is 2. The first-order valence-corrected chi connectivity index (χ1v) is 10.5. The van der Waals surface area contributed by atoms with Crippen molar-refractivity contribution in [1.82, 2.24) is 9.55 Å². The first-order valence-electron chi connectivity index (χ1n) is 10.5. The Morgan fingerprint density at radius 1 is 1.00 bits per heavy atom. The largest absolute Gasteiger partial charge is 0.497 e. The molecule has 2 heterocycles. The summed E-state index contributed by atoms with van der Waals surface area (Å²) in [6.45, 7) is 3.98. The average molecular weight is 425 g/mol. The monoisotopic (exact) mass is 424 g/mol. The number of amides is 1. The van der Waals surface area contributed by atoms with Gasteiger partial charge in [0.15, 0.2) is 0 Å². The zero-order valence-corrected chi connectivity index (χ0v) is 18.2. The first-order chi connectivity index (χ1) is 15.5. The topological polar surface area (TPSA) is 68.2 Å². The molecule has 1 aliphatic heterocycles. The minimum absolute atomic E-state index is 0.158. The van der Waals surface area contributed by atoms with E-state index >= 15 is 0 Å². The average Bonchev–Trinajstić information content (AvgIpc) is 3.17. The number of hydrogen-bond donors (Lipinski definition) is 2. The van der Waals surface area contributed by atoms with Gasteiger partial charge in [-0.1, -0.05) is 42.0 Å². The van der Waals surface area contributed by atoms with Crippen molar-refractivity contribution in [3.05, 3.63) is 95.2 Å². The third kappa shape index (κ3) is 3.39. The standard InChI is InChI=1S/C26H24N4O2/c1-16-8-10-18(11-9-16)24-23(25(31)28-19-12-14-20(32-3)15-13-19)17(2)27-26-29-21-6-4-5-7-22(21)30(24)26/h4-15,24H,1-3H3,(H,27,29)(H,28,31)/t24-/m1/s1. The molecule has 0 fully saturated rings. The van der Waals surface area contributed by atoms with E-state index in [1.165, 1.54) is 5.56 Å². The Bertz CT molecular complexity index is 1330. The highest BCUT2D eigenvalue weighted by Gasteiger charge is 2.34. The van der Waals surface area contributed by atoms with Gasteiger partial charge >= 0.3 is 0 Å². The smallest absolute Gasteiger partial charge is 0.255 e. The van der Waals surface area contributed by atoms with E-state index in [9.17, 15) is 4.79 Å². The zero-order valence-electron chi connectivity index (χ0n) is 18.2. The molecular weight excluding hydrogens is 400 g/mol. The molecule has 0 aliphatic carbocycles. The second-order valence-corrected chi connectivity index (χ2v) is 7.95. The number of carbonyl (C=O) groups excluding carboxylic acids is 1. The van der Waals surface area contributed by atoms with Gasteiger partial charge in [-0.3, -0.25) is 9.36 Å². The highest BCUT2D eigenvalue weighted by molar-refractivity contribution is 6.06. The second-order valence-electron chi connectivity index (χ2n) is 7.95. The molecule has 0 unspecified atom stereocenters. The minimum atomic E-state index is -0.308. The predicted molar refractivity (Wildman–Crippen MR) is 127 cm³/mol. The maximum atomic E-state index is 13.6. The third-order valence-corrected chi connectivity index (χ3v) is 5.82. The van der Waals surface area contributed by atoms with Gasteiger partial charge < -0.3 is 15.4 Å². The second kappa shape index (κ2) is 7.89. The highest BCUT2D eigenvalue weighted by Crippen LogP contribution is 2.39. The maximum Gasteiger partial charge on any atom is 0.255 e. The van der Waals surface area contributed by atoms with Gasteiger partial charge in [0.2, 0.25) is 5.95 Å². The van der Waals surface area contributed by atoms with Crippen LogP contribution in [0, 0.1) is 6.92 Å². The molecule has 1 atom stereocenters. The van der Waals surface area contributed by atoms with Crippen LogP contribution >= 0.6 is 0 Å². The quantitative estimate of drug-likeness (QED) is 0.468. The lowest BCUT2D eigenvalue weighted by atomic mass is 9.93. The van der Waals surface area contributed by atoms with Crippen LogP contribution in [-0.2, 0) is 4.79 Å². The molecule has 6 heteroatoms. The third-order valence-electron chi connectivity index (χ3n) is 5.82. The van der Waals surface area contributed by atoms with Gasteiger partial charge in [-0.05, 0) is 55.8 Å². The summed E-state index contributed by atoms with van der Waals surface area (Å²) in [5, 5.41) is 6.40. The number of allylic oxidation sites excluding steroid dienone is 1. The Morgan fingerprint density at radius 2 is 1.72 bits per heavy atom. The number of para-hydroxylation sites is 2. The summed E-state index contributed by atoms with van der Waals surface area (Å²) in [5.74, 6) is 1.31. The van der Waals surface area contributed by atoms with Crippen molar-refractivity contribution in [2.24, 2.45) is 0 Å². The van der Waals surface area contributed by atoms with E-state index in [-0.39, 0.29) is 11.9 Å². The lowest BCUT2D eigenvalue weighted by Crippen LogP contribution is -2.30. The van der Waals surface area contributed by atoms with Crippen molar-refractivity contribution in [3.63, 3.8) is 0 Å². The van der Waals surface area contributed by atoms with Gasteiger partial charge in [-0.2, -0.15) is 0 Å². The van der Waals surface area contributed by atoms with Gasteiger partial charge in [0.1, 0.15) is 5.75 Å². The normalized spacial score (nSPS) is 15.3. The Morgan fingerprint density at radius 3 is 2.44 bits per heavy atom. The van der Waals surface area contributed by atoms with Crippen LogP contribution in [0.25, 0.3) is 11.0 Å². The predicted octanol–water partition coefficient (Wildman–Crippen LogP) is 5.28. The number of methoxy groups -OCH3 is 1. The van der Waals surface area contributed by atoms with Crippen LogP contribution in [0.3, 0.4) is 0 Å².